The normalized spacial score (nSPS) is 18.1. The Labute approximate surface area is 129 Å². The van der Waals surface area contributed by atoms with Crippen LogP contribution in [0, 0.1) is 6.92 Å². The van der Waals surface area contributed by atoms with E-state index >= 15 is 0 Å². The first-order valence-corrected chi connectivity index (χ1v) is 6.52. The molecule has 1 aromatic rings. The maximum atomic E-state index is 12.1. The van der Waals surface area contributed by atoms with Gasteiger partial charge in [0.2, 0.25) is 5.91 Å². The number of nitrogens with zero attached hydrogens (tertiary/aromatic N) is 2. The number of carbonyl (C=O) groups is 1. The lowest BCUT2D eigenvalue weighted by Gasteiger charge is -2.27. The Hall–Kier alpha value is -0.400. The largest absolute Gasteiger partial charge is 0.378 e. The number of likely N-dealkylation sites (N-methyl/N-ethyl adjacent to an activating group) is 1. The molecule has 1 fully saturated rings. The number of carbonyl (C=O) groups excluding carboxylic acids is 1. The monoisotopic (exact) mass is 327 g/mol. The molecule has 110 valence electrons. The van der Waals surface area contributed by atoms with Crippen LogP contribution >= 0.6 is 36.2 Å². The summed E-state index contributed by atoms with van der Waals surface area (Å²) >= 11 is 1.60. The molecule has 1 atom stereocenters. The van der Waals surface area contributed by atoms with E-state index in [1.807, 2.05) is 12.3 Å². The summed E-state index contributed by atoms with van der Waals surface area (Å²) in [6.45, 7) is 4.39. The van der Waals surface area contributed by atoms with E-state index in [0.29, 0.717) is 19.8 Å². The highest BCUT2D eigenvalue weighted by Crippen LogP contribution is 2.10. The average Bonchev–Trinajstić information content (AvgIpc) is 2.75. The molecule has 19 heavy (non-hydrogen) atoms. The van der Waals surface area contributed by atoms with Gasteiger partial charge >= 0.3 is 0 Å². The van der Waals surface area contributed by atoms with Gasteiger partial charge in [-0.3, -0.25) is 4.79 Å². The summed E-state index contributed by atoms with van der Waals surface area (Å²) < 4.78 is 5.28. The fourth-order valence-electron chi connectivity index (χ4n) is 1.79. The molecule has 2 rings (SSSR count). The second kappa shape index (κ2) is 8.71. The third kappa shape index (κ3) is 5.24. The van der Waals surface area contributed by atoms with Crippen molar-refractivity contribution in [3.8, 4) is 0 Å². The molecule has 0 aliphatic carbocycles. The number of hydrogen-bond donors (Lipinski definition) is 1. The number of aromatic nitrogens is 1. The zero-order valence-corrected chi connectivity index (χ0v) is 13.4. The third-order valence-corrected chi connectivity index (χ3v) is 3.48. The molecule has 1 unspecified atom stereocenters. The molecule has 8 heteroatoms. The molecule has 0 aromatic carbocycles. The van der Waals surface area contributed by atoms with Gasteiger partial charge in [0, 0.05) is 19.0 Å². The Bertz CT molecular complexity index is 397. The fourth-order valence-corrected chi connectivity index (χ4v) is 2.40. The molecule has 0 spiro atoms. The van der Waals surface area contributed by atoms with Gasteiger partial charge in [-0.15, -0.1) is 36.2 Å². The second-order valence-electron chi connectivity index (χ2n) is 4.13. The van der Waals surface area contributed by atoms with Gasteiger partial charge in [-0.25, -0.2) is 4.98 Å². The highest BCUT2D eigenvalue weighted by atomic mass is 35.5. The molecule has 0 bridgehead atoms. The summed E-state index contributed by atoms with van der Waals surface area (Å²) in [5.41, 5.74) is 0.945. The number of rotatable bonds is 3. The van der Waals surface area contributed by atoms with E-state index in [1.54, 1.807) is 23.3 Å². The van der Waals surface area contributed by atoms with Gasteiger partial charge in [0.1, 0.15) is 6.04 Å². The average molecular weight is 328 g/mol. The number of aryl methyl sites for hydroxylation is 1. The van der Waals surface area contributed by atoms with Crippen molar-refractivity contribution < 1.29 is 9.53 Å². The molecule has 1 aliphatic rings. The summed E-state index contributed by atoms with van der Waals surface area (Å²) in [7, 11) is 1.80. The molecule has 1 saturated heterocycles. The number of nitrogens with one attached hydrogen (secondary N) is 1. The van der Waals surface area contributed by atoms with Crippen LogP contribution in [0.3, 0.4) is 0 Å². The van der Waals surface area contributed by atoms with E-state index in [1.165, 1.54) is 0 Å². The van der Waals surface area contributed by atoms with E-state index in [-0.39, 0.29) is 36.8 Å². The van der Waals surface area contributed by atoms with Crippen molar-refractivity contribution in [2.75, 3.05) is 26.8 Å². The smallest absolute Gasteiger partial charge is 0.242 e. The van der Waals surface area contributed by atoms with E-state index < -0.39 is 0 Å². The molecule has 5 nitrogen and oxygen atoms in total. The van der Waals surface area contributed by atoms with Crippen LogP contribution in [0.25, 0.3) is 0 Å². The lowest BCUT2D eigenvalue weighted by molar-refractivity contribution is -0.135. The molecule has 1 N–H and O–H groups in total. The fraction of sp³-hybridized carbons (Fsp3) is 0.636. The predicted octanol–water partition coefficient (Wildman–Crippen LogP) is 1.24. The van der Waals surface area contributed by atoms with Crippen molar-refractivity contribution in [1.29, 1.82) is 0 Å². The lowest BCUT2D eigenvalue weighted by Crippen LogP contribution is -2.51. The molecular formula is C11H19Cl2N3O2S. The highest BCUT2D eigenvalue weighted by Gasteiger charge is 2.24. The van der Waals surface area contributed by atoms with Crippen molar-refractivity contribution in [1.82, 2.24) is 15.2 Å². The summed E-state index contributed by atoms with van der Waals surface area (Å²) in [5.74, 6) is 0.0651. The molecule has 1 amide bonds. The van der Waals surface area contributed by atoms with Crippen LogP contribution in [-0.4, -0.2) is 48.6 Å². The van der Waals surface area contributed by atoms with Crippen LogP contribution in [0.4, 0.5) is 0 Å². The number of hydrogen-bond acceptors (Lipinski definition) is 5. The zero-order valence-electron chi connectivity index (χ0n) is 10.9. The first-order chi connectivity index (χ1) is 8.16. The number of amides is 1. The Morgan fingerprint density at radius 1 is 1.63 bits per heavy atom. The highest BCUT2D eigenvalue weighted by molar-refractivity contribution is 7.09. The van der Waals surface area contributed by atoms with Gasteiger partial charge in [-0.1, -0.05) is 0 Å². The van der Waals surface area contributed by atoms with E-state index in [4.69, 9.17) is 4.74 Å². The van der Waals surface area contributed by atoms with Crippen molar-refractivity contribution in [2.45, 2.75) is 19.5 Å². The van der Waals surface area contributed by atoms with Crippen molar-refractivity contribution >= 4 is 42.1 Å². The standard InChI is InChI=1S/C11H17N3O2S.2ClH/c1-8-13-9(7-17-8)5-14(2)11(15)10-6-16-4-3-12-10;;/h7,10,12H,3-6H2,1-2H3;2*1H. The van der Waals surface area contributed by atoms with Crippen LogP contribution in [0.2, 0.25) is 0 Å². The molecule has 1 aliphatic heterocycles. The second-order valence-corrected chi connectivity index (χ2v) is 5.20. The minimum Gasteiger partial charge on any atom is -0.378 e. The third-order valence-electron chi connectivity index (χ3n) is 2.66. The van der Waals surface area contributed by atoms with Crippen LogP contribution in [0.1, 0.15) is 10.7 Å². The van der Waals surface area contributed by atoms with E-state index in [9.17, 15) is 4.79 Å². The molecule has 1 aromatic heterocycles. The maximum Gasteiger partial charge on any atom is 0.242 e. The predicted molar refractivity (Wildman–Crippen MR) is 80.4 cm³/mol. The lowest BCUT2D eigenvalue weighted by atomic mass is 10.2. The Balaban J connectivity index is 0.00000162. The number of thiazole rings is 1. The summed E-state index contributed by atoms with van der Waals surface area (Å²) in [6.07, 6.45) is 0. The molecular weight excluding hydrogens is 309 g/mol. The number of halogens is 2. The van der Waals surface area contributed by atoms with Crippen molar-refractivity contribution in [2.24, 2.45) is 0 Å². The SMILES string of the molecule is Cc1nc(CN(C)C(=O)C2COCCN2)cs1.Cl.Cl. The van der Waals surface area contributed by atoms with Crippen LogP contribution in [-0.2, 0) is 16.1 Å². The van der Waals surface area contributed by atoms with Gasteiger partial charge in [-0.05, 0) is 6.92 Å². The van der Waals surface area contributed by atoms with E-state index in [0.717, 1.165) is 17.2 Å². The minimum atomic E-state index is -0.214. The quantitative estimate of drug-likeness (QED) is 0.907. The van der Waals surface area contributed by atoms with Crippen molar-refractivity contribution in [3.63, 3.8) is 0 Å². The first kappa shape index (κ1) is 18.6. The minimum absolute atomic E-state index is 0. The van der Waals surface area contributed by atoms with Gasteiger partial charge in [0.05, 0.1) is 30.5 Å². The Morgan fingerprint density at radius 2 is 2.37 bits per heavy atom. The summed E-state index contributed by atoms with van der Waals surface area (Å²) in [4.78, 5) is 18.1. The van der Waals surface area contributed by atoms with Crippen LogP contribution < -0.4 is 5.32 Å². The maximum absolute atomic E-state index is 12.1. The van der Waals surface area contributed by atoms with Gasteiger partial charge in [0.15, 0.2) is 0 Å². The Kier molecular flexibility index (Phi) is 8.52. The van der Waals surface area contributed by atoms with Crippen molar-refractivity contribution in [3.05, 3.63) is 16.1 Å². The summed E-state index contributed by atoms with van der Waals surface area (Å²) in [6, 6.07) is -0.214. The van der Waals surface area contributed by atoms with Crippen LogP contribution in [0.15, 0.2) is 5.38 Å². The summed E-state index contributed by atoms with van der Waals surface area (Å²) in [5, 5.41) is 6.17. The van der Waals surface area contributed by atoms with Crippen LogP contribution in [0.5, 0.6) is 0 Å². The zero-order chi connectivity index (χ0) is 12.3. The van der Waals surface area contributed by atoms with Gasteiger partial charge < -0.3 is 15.0 Å². The van der Waals surface area contributed by atoms with Gasteiger partial charge in [-0.2, -0.15) is 0 Å². The van der Waals surface area contributed by atoms with E-state index in [2.05, 4.69) is 10.3 Å². The Morgan fingerprint density at radius 3 is 2.89 bits per heavy atom. The number of morpholine rings is 1. The molecule has 0 radical (unpaired) electrons. The topological polar surface area (TPSA) is 54.5 Å². The number of ether oxygens (including phenoxy) is 1. The van der Waals surface area contributed by atoms with Gasteiger partial charge in [0.25, 0.3) is 0 Å². The molecule has 0 saturated carbocycles. The molecule has 2 heterocycles. The first-order valence-electron chi connectivity index (χ1n) is 5.64.